The zero-order valence-electron chi connectivity index (χ0n) is 11.3. The monoisotopic (exact) mass is 269 g/mol. The van der Waals surface area contributed by atoms with Crippen molar-refractivity contribution in [1.29, 1.82) is 0 Å². The standard InChI is InChI=1S/C14H23NO2S/c1-3-5-12-15(13-6-4-2)18(16,17)14-10-8-7-9-11-14/h7-11H,3-6,12-13H2,1-2H3. The summed E-state index contributed by atoms with van der Waals surface area (Å²) in [5.74, 6) is 0. The van der Waals surface area contributed by atoms with Crippen LogP contribution in [0.25, 0.3) is 0 Å². The molecular formula is C14H23NO2S. The van der Waals surface area contributed by atoms with Crippen LogP contribution in [0, 0.1) is 0 Å². The molecular weight excluding hydrogens is 246 g/mol. The fourth-order valence-electron chi connectivity index (χ4n) is 1.76. The Morgan fingerprint density at radius 1 is 0.944 bits per heavy atom. The number of hydrogen-bond donors (Lipinski definition) is 0. The first kappa shape index (κ1) is 15.2. The third-order valence-electron chi connectivity index (χ3n) is 2.90. The van der Waals surface area contributed by atoms with Gasteiger partial charge in [-0.25, -0.2) is 8.42 Å². The van der Waals surface area contributed by atoms with Gasteiger partial charge in [-0.1, -0.05) is 44.9 Å². The van der Waals surface area contributed by atoms with E-state index in [-0.39, 0.29) is 0 Å². The summed E-state index contributed by atoms with van der Waals surface area (Å²) >= 11 is 0. The van der Waals surface area contributed by atoms with Crippen molar-refractivity contribution in [3.63, 3.8) is 0 Å². The molecule has 1 aromatic rings. The SMILES string of the molecule is CCCCN(CCCC)S(=O)(=O)c1ccccc1. The molecule has 3 nitrogen and oxygen atoms in total. The summed E-state index contributed by atoms with van der Waals surface area (Å²) in [4.78, 5) is 0.400. The van der Waals surface area contributed by atoms with Crippen molar-refractivity contribution in [1.82, 2.24) is 4.31 Å². The predicted molar refractivity (Wildman–Crippen MR) is 75.0 cm³/mol. The maximum atomic E-state index is 12.5. The Balaban J connectivity index is 2.88. The van der Waals surface area contributed by atoms with E-state index in [2.05, 4.69) is 13.8 Å². The first-order valence-electron chi connectivity index (χ1n) is 6.68. The number of hydrogen-bond acceptors (Lipinski definition) is 2. The summed E-state index contributed by atoms with van der Waals surface area (Å²) < 4.78 is 26.6. The van der Waals surface area contributed by atoms with Gasteiger partial charge in [0.25, 0.3) is 0 Å². The average molecular weight is 269 g/mol. The van der Waals surface area contributed by atoms with Crippen LogP contribution in [0.5, 0.6) is 0 Å². The van der Waals surface area contributed by atoms with Crippen LogP contribution < -0.4 is 0 Å². The Morgan fingerprint density at radius 2 is 1.44 bits per heavy atom. The van der Waals surface area contributed by atoms with E-state index >= 15 is 0 Å². The topological polar surface area (TPSA) is 37.4 Å². The third-order valence-corrected chi connectivity index (χ3v) is 4.82. The van der Waals surface area contributed by atoms with Crippen LogP contribution in [0.3, 0.4) is 0 Å². The van der Waals surface area contributed by atoms with Gasteiger partial charge in [-0.3, -0.25) is 0 Å². The van der Waals surface area contributed by atoms with Crippen molar-refractivity contribution in [3.05, 3.63) is 30.3 Å². The van der Waals surface area contributed by atoms with Crippen LogP contribution in [0.1, 0.15) is 39.5 Å². The number of sulfonamides is 1. The van der Waals surface area contributed by atoms with E-state index in [1.165, 1.54) is 0 Å². The van der Waals surface area contributed by atoms with Crippen molar-refractivity contribution in [2.24, 2.45) is 0 Å². The average Bonchev–Trinajstić information content (AvgIpc) is 2.39. The van der Waals surface area contributed by atoms with Gasteiger partial charge in [-0.2, -0.15) is 4.31 Å². The van der Waals surface area contributed by atoms with Crippen molar-refractivity contribution in [2.45, 2.75) is 44.4 Å². The van der Waals surface area contributed by atoms with Gasteiger partial charge in [0.15, 0.2) is 0 Å². The lowest BCUT2D eigenvalue weighted by molar-refractivity contribution is 0.395. The number of nitrogens with zero attached hydrogens (tertiary/aromatic N) is 1. The van der Waals surface area contributed by atoms with Crippen molar-refractivity contribution < 1.29 is 8.42 Å². The van der Waals surface area contributed by atoms with Gasteiger partial charge in [0.1, 0.15) is 0 Å². The lowest BCUT2D eigenvalue weighted by Crippen LogP contribution is -2.33. The minimum atomic E-state index is -3.31. The highest BCUT2D eigenvalue weighted by molar-refractivity contribution is 7.89. The molecule has 0 saturated carbocycles. The summed E-state index contributed by atoms with van der Waals surface area (Å²) in [6, 6.07) is 8.71. The van der Waals surface area contributed by atoms with E-state index < -0.39 is 10.0 Å². The molecule has 0 saturated heterocycles. The third kappa shape index (κ3) is 4.10. The van der Waals surface area contributed by atoms with Crippen LogP contribution in [0.15, 0.2) is 35.2 Å². The van der Waals surface area contributed by atoms with Gasteiger partial charge in [0.2, 0.25) is 10.0 Å². The first-order chi connectivity index (χ1) is 8.62. The van der Waals surface area contributed by atoms with E-state index in [4.69, 9.17) is 0 Å². The quantitative estimate of drug-likeness (QED) is 0.726. The maximum Gasteiger partial charge on any atom is 0.243 e. The minimum absolute atomic E-state index is 0.400. The molecule has 1 aromatic carbocycles. The molecule has 0 aromatic heterocycles. The molecule has 0 bridgehead atoms. The molecule has 18 heavy (non-hydrogen) atoms. The molecule has 0 unspecified atom stereocenters. The Morgan fingerprint density at radius 3 is 1.89 bits per heavy atom. The van der Waals surface area contributed by atoms with E-state index in [0.29, 0.717) is 18.0 Å². The number of benzene rings is 1. The van der Waals surface area contributed by atoms with Crippen LogP contribution in [0.4, 0.5) is 0 Å². The van der Waals surface area contributed by atoms with Crippen LogP contribution in [-0.2, 0) is 10.0 Å². The molecule has 0 fully saturated rings. The highest BCUT2D eigenvalue weighted by Gasteiger charge is 2.22. The molecule has 0 atom stereocenters. The molecule has 0 aliphatic carbocycles. The van der Waals surface area contributed by atoms with Gasteiger partial charge >= 0.3 is 0 Å². The molecule has 0 aliphatic heterocycles. The molecule has 0 N–H and O–H groups in total. The van der Waals surface area contributed by atoms with E-state index in [1.54, 1.807) is 28.6 Å². The highest BCUT2D eigenvalue weighted by atomic mass is 32.2. The van der Waals surface area contributed by atoms with Crippen molar-refractivity contribution in [3.8, 4) is 0 Å². The number of rotatable bonds is 8. The molecule has 0 aliphatic rings. The Kier molecular flexibility index (Phi) is 6.36. The molecule has 0 spiro atoms. The summed E-state index contributed by atoms with van der Waals surface area (Å²) in [5, 5.41) is 0. The summed E-state index contributed by atoms with van der Waals surface area (Å²) in [5.41, 5.74) is 0. The summed E-state index contributed by atoms with van der Waals surface area (Å²) in [7, 11) is -3.31. The fourth-order valence-corrected chi connectivity index (χ4v) is 3.30. The van der Waals surface area contributed by atoms with Gasteiger partial charge in [-0.15, -0.1) is 0 Å². The summed E-state index contributed by atoms with van der Waals surface area (Å²) in [6.45, 7) is 5.39. The zero-order valence-corrected chi connectivity index (χ0v) is 12.1. The zero-order chi connectivity index (χ0) is 13.4. The smallest absolute Gasteiger partial charge is 0.207 e. The normalized spacial score (nSPS) is 11.9. The van der Waals surface area contributed by atoms with E-state index in [9.17, 15) is 8.42 Å². The number of unbranched alkanes of at least 4 members (excludes halogenated alkanes) is 2. The Labute approximate surface area is 111 Å². The molecule has 0 radical (unpaired) electrons. The van der Waals surface area contributed by atoms with Gasteiger partial charge in [0, 0.05) is 13.1 Å². The minimum Gasteiger partial charge on any atom is -0.207 e. The van der Waals surface area contributed by atoms with Crippen molar-refractivity contribution in [2.75, 3.05) is 13.1 Å². The van der Waals surface area contributed by atoms with Gasteiger partial charge in [-0.05, 0) is 25.0 Å². The second-order valence-electron chi connectivity index (χ2n) is 4.42. The second-order valence-corrected chi connectivity index (χ2v) is 6.36. The Hall–Kier alpha value is -0.870. The van der Waals surface area contributed by atoms with E-state index in [0.717, 1.165) is 25.7 Å². The molecule has 102 valence electrons. The van der Waals surface area contributed by atoms with Crippen LogP contribution in [0.2, 0.25) is 0 Å². The van der Waals surface area contributed by atoms with E-state index in [1.807, 2.05) is 6.07 Å². The highest BCUT2D eigenvalue weighted by Crippen LogP contribution is 2.16. The Bertz CT molecular complexity index is 420. The van der Waals surface area contributed by atoms with Gasteiger partial charge in [0.05, 0.1) is 4.90 Å². The van der Waals surface area contributed by atoms with Crippen LogP contribution >= 0.6 is 0 Å². The lowest BCUT2D eigenvalue weighted by atomic mass is 10.3. The molecule has 0 amide bonds. The second kappa shape index (κ2) is 7.54. The fraction of sp³-hybridized carbons (Fsp3) is 0.571. The van der Waals surface area contributed by atoms with Crippen molar-refractivity contribution >= 4 is 10.0 Å². The molecule has 1 rings (SSSR count). The lowest BCUT2D eigenvalue weighted by Gasteiger charge is -2.21. The first-order valence-corrected chi connectivity index (χ1v) is 8.12. The maximum absolute atomic E-state index is 12.5. The predicted octanol–water partition coefficient (Wildman–Crippen LogP) is 3.28. The molecule has 4 heteroatoms. The van der Waals surface area contributed by atoms with Gasteiger partial charge < -0.3 is 0 Å². The van der Waals surface area contributed by atoms with Crippen LogP contribution in [-0.4, -0.2) is 25.8 Å². The molecule has 0 heterocycles. The summed E-state index contributed by atoms with van der Waals surface area (Å²) in [6.07, 6.45) is 3.84. The largest absolute Gasteiger partial charge is 0.243 e.